The lowest BCUT2D eigenvalue weighted by molar-refractivity contribution is 0.103. The van der Waals surface area contributed by atoms with Crippen LogP contribution in [0.1, 0.15) is 15.9 Å². The Balaban J connectivity index is 2.42. The summed E-state index contributed by atoms with van der Waals surface area (Å²) in [4.78, 5) is 22.4. The van der Waals surface area contributed by atoms with Gasteiger partial charge in [0.05, 0.1) is 5.02 Å². The largest absolute Gasteiger partial charge is 0.289 e. The van der Waals surface area contributed by atoms with Crippen LogP contribution >= 0.6 is 11.6 Å². The second-order valence-electron chi connectivity index (χ2n) is 3.45. The number of benzene rings is 2. The van der Waals surface area contributed by atoms with E-state index >= 15 is 0 Å². The number of hydrogen-bond donors (Lipinski definition) is 0. The van der Waals surface area contributed by atoms with Gasteiger partial charge in [-0.25, -0.2) is 0 Å². The van der Waals surface area contributed by atoms with Crippen molar-refractivity contribution >= 4 is 23.1 Å². The van der Waals surface area contributed by atoms with Crippen LogP contribution in [0.2, 0.25) is 5.02 Å². The van der Waals surface area contributed by atoms with Crippen molar-refractivity contribution in [3.63, 3.8) is 0 Å². The molecule has 0 unspecified atom stereocenters. The van der Waals surface area contributed by atoms with Gasteiger partial charge in [0.25, 0.3) is 0 Å². The smallest absolute Gasteiger partial charge is 0.194 e. The van der Waals surface area contributed by atoms with Crippen LogP contribution in [0.5, 0.6) is 0 Å². The van der Waals surface area contributed by atoms with E-state index in [0.29, 0.717) is 11.1 Å². The van der Waals surface area contributed by atoms with Crippen molar-refractivity contribution in [1.29, 1.82) is 0 Å². The molecule has 4 heteroatoms. The number of nitrogens with zero attached hydrogens (tertiary/aromatic N) is 1. The predicted octanol–water partition coefficient (Wildman–Crippen LogP) is 3.97. The molecule has 3 nitrogen and oxygen atoms in total. The number of rotatable bonds is 3. The standard InChI is InChI=1S/C13H8ClNO2/c14-12-8-10(15-17)6-7-11(12)13(16)9-4-2-1-3-5-9/h1-8H. The van der Waals surface area contributed by atoms with Gasteiger partial charge in [0.2, 0.25) is 0 Å². The summed E-state index contributed by atoms with van der Waals surface area (Å²) in [5.41, 5.74) is 1.13. The zero-order valence-electron chi connectivity index (χ0n) is 8.76. The molecule has 84 valence electrons. The average molecular weight is 246 g/mol. The summed E-state index contributed by atoms with van der Waals surface area (Å²) >= 11 is 5.93. The SMILES string of the molecule is O=Nc1ccc(C(=O)c2ccccc2)c(Cl)c1. The molecule has 0 radical (unpaired) electrons. The van der Waals surface area contributed by atoms with Crippen molar-refractivity contribution < 1.29 is 4.79 Å². The molecular weight excluding hydrogens is 238 g/mol. The van der Waals surface area contributed by atoms with Crippen molar-refractivity contribution in [2.45, 2.75) is 0 Å². The van der Waals surface area contributed by atoms with E-state index in [4.69, 9.17) is 11.6 Å². The van der Waals surface area contributed by atoms with Crippen LogP contribution in [0.25, 0.3) is 0 Å². The first kappa shape index (κ1) is 11.5. The predicted molar refractivity (Wildman–Crippen MR) is 66.8 cm³/mol. The molecule has 0 fully saturated rings. The molecular formula is C13H8ClNO2. The minimum atomic E-state index is -0.173. The summed E-state index contributed by atoms with van der Waals surface area (Å²) in [5, 5.41) is 2.99. The molecule has 0 bridgehead atoms. The lowest BCUT2D eigenvalue weighted by atomic mass is 10.0. The molecule has 2 aromatic rings. The number of nitroso groups, excluding NO2 is 1. The van der Waals surface area contributed by atoms with Gasteiger partial charge in [-0.3, -0.25) is 4.79 Å². The first-order valence-electron chi connectivity index (χ1n) is 4.95. The minimum absolute atomic E-state index is 0.173. The van der Waals surface area contributed by atoms with E-state index in [9.17, 15) is 9.70 Å². The highest BCUT2D eigenvalue weighted by Crippen LogP contribution is 2.24. The lowest BCUT2D eigenvalue weighted by Crippen LogP contribution is -2.01. The maximum Gasteiger partial charge on any atom is 0.194 e. The fourth-order valence-corrected chi connectivity index (χ4v) is 1.75. The third kappa shape index (κ3) is 2.40. The molecule has 0 aliphatic carbocycles. The second-order valence-corrected chi connectivity index (χ2v) is 3.86. The Labute approximate surface area is 103 Å². The van der Waals surface area contributed by atoms with Gasteiger partial charge in [-0.15, -0.1) is 4.91 Å². The lowest BCUT2D eigenvalue weighted by Gasteiger charge is -2.03. The second kappa shape index (κ2) is 4.89. The molecule has 0 N–H and O–H groups in total. The molecule has 0 atom stereocenters. The Morgan fingerprint density at radius 2 is 1.76 bits per heavy atom. The van der Waals surface area contributed by atoms with E-state index in [2.05, 4.69) is 5.18 Å². The first-order chi connectivity index (χ1) is 8.22. The Kier molecular flexibility index (Phi) is 3.30. The van der Waals surface area contributed by atoms with Crippen molar-refractivity contribution in [3.05, 3.63) is 69.6 Å². The minimum Gasteiger partial charge on any atom is -0.289 e. The molecule has 0 aliphatic rings. The van der Waals surface area contributed by atoms with Crippen molar-refractivity contribution in [1.82, 2.24) is 0 Å². The molecule has 2 rings (SSSR count). The summed E-state index contributed by atoms with van der Waals surface area (Å²) in [7, 11) is 0. The van der Waals surface area contributed by atoms with Crippen molar-refractivity contribution in [3.8, 4) is 0 Å². The van der Waals surface area contributed by atoms with E-state index < -0.39 is 0 Å². The van der Waals surface area contributed by atoms with E-state index in [0.717, 1.165) is 0 Å². The van der Waals surface area contributed by atoms with Crippen LogP contribution in [-0.4, -0.2) is 5.78 Å². The quantitative estimate of drug-likeness (QED) is 0.607. The van der Waals surface area contributed by atoms with E-state index in [1.54, 1.807) is 24.3 Å². The summed E-state index contributed by atoms with van der Waals surface area (Å²) in [6.07, 6.45) is 0. The highest BCUT2D eigenvalue weighted by atomic mass is 35.5. The Bertz CT molecular complexity index is 567. The molecule has 0 saturated carbocycles. The summed E-state index contributed by atoms with van der Waals surface area (Å²) < 4.78 is 0. The fraction of sp³-hybridized carbons (Fsp3) is 0. The topological polar surface area (TPSA) is 46.5 Å². The normalized spacial score (nSPS) is 9.94. The van der Waals surface area contributed by atoms with Gasteiger partial charge in [-0.1, -0.05) is 41.9 Å². The van der Waals surface area contributed by atoms with Gasteiger partial charge in [0, 0.05) is 11.1 Å². The highest BCUT2D eigenvalue weighted by Gasteiger charge is 2.12. The molecule has 2 aromatic carbocycles. The Hall–Kier alpha value is -2.00. The van der Waals surface area contributed by atoms with Gasteiger partial charge in [-0.2, -0.15) is 0 Å². The van der Waals surface area contributed by atoms with Gasteiger partial charge in [0.15, 0.2) is 5.78 Å². The number of halogens is 1. The summed E-state index contributed by atoms with van der Waals surface area (Å²) in [6, 6.07) is 13.2. The van der Waals surface area contributed by atoms with Crippen molar-refractivity contribution in [2.24, 2.45) is 5.18 Å². The third-order valence-electron chi connectivity index (χ3n) is 2.34. The van der Waals surface area contributed by atoms with E-state index in [1.807, 2.05) is 6.07 Å². The van der Waals surface area contributed by atoms with Crippen LogP contribution in [0.3, 0.4) is 0 Å². The number of ketones is 1. The molecule has 17 heavy (non-hydrogen) atoms. The molecule has 0 aromatic heterocycles. The molecule has 0 aliphatic heterocycles. The first-order valence-corrected chi connectivity index (χ1v) is 5.33. The Morgan fingerprint density at radius 3 is 2.35 bits per heavy atom. The molecule has 0 heterocycles. The zero-order chi connectivity index (χ0) is 12.3. The number of hydrogen-bond acceptors (Lipinski definition) is 3. The maximum absolute atomic E-state index is 12.1. The van der Waals surface area contributed by atoms with Crippen LogP contribution < -0.4 is 0 Å². The van der Waals surface area contributed by atoms with E-state index in [1.165, 1.54) is 18.2 Å². The summed E-state index contributed by atoms with van der Waals surface area (Å²) in [6.45, 7) is 0. The van der Waals surface area contributed by atoms with Crippen LogP contribution in [0, 0.1) is 4.91 Å². The maximum atomic E-state index is 12.1. The number of carbonyl (C=O) groups is 1. The fourth-order valence-electron chi connectivity index (χ4n) is 1.49. The van der Waals surface area contributed by atoms with Crippen LogP contribution in [0.15, 0.2) is 53.7 Å². The zero-order valence-corrected chi connectivity index (χ0v) is 9.52. The average Bonchev–Trinajstić information content (AvgIpc) is 2.39. The monoisotopic (exact) mass is 245 g/mol. The highest BCUT2D eigenvalue weighted by molar-refractivity contribution is 6.35. The molecule has 0 spiro atoms. The van der Waals surface area contributed by atoms with Crippen LogP contribution in [0.4, 0.5) is 5.69 Å². The summed E-state index contributed by atoms with van der Waals surface area (Å²) in [5.74, 6) is -0.173. The van der Waals surface area contributed by atoms with Crippen LogP contribution in [-0.2, 0) is 0 Å². The van der Waals surface area contributed by atoms with Gasteiger partial charge < -0.3 is 0 Å². The third-order valence-corrected chi connectivity index (χ3v) is 2.65. The van der Waals surface area contributed by atoms with Gasteiger partial charge >= 0.3 is 0 Å². The number of carbonyl (C=O) groups excluding carboxylic acids is 1. The Morgan fingerprint density at radius 1 is 1.06 bits per heavy atom. The van der Waals surface area contributed by atoms with Crippen molar-refractivity contribution in [2.75, 3.05) is 0 Å². The van der Waals surface area contributed by atoms with E-state index in [-0.39, 0.29) is 16.5 Å². The molecule has 0 amide bonds. The molecule has 0 saturated heterocycles. The van der Waals surface area contributed by atoms with Gasteiger partial charge in [-0.05, 0) is 23.4 Å². The van der Waals surface area contributed by atoms with Gasteiger partial charge in [0.1, 0.15) is 5.69 Å².